The van der Waals surface area contributed by atoms with Crippen molar-refractivity contribution >= 4 is 0 Å². The average Bonchev–Trinajstić information content (AvgIpc) is 2.59. The third-order valence-electron chi connectivity index (χ3n) is 7.50. The van der Waals surface area contributed by atoms with Crippen LogP contribution in [0, 0.1) is 22.7 Å². The van der Waals surface area contributed by atoms with Gasteiger partial charge in [-0.1, -0.05) is 27.2 Å². The molecule has 0 heterocycles. The molecule has 152 valence electrons. The first-order chi connectivity index (χ1) is 12.6. The fourth-order valence-corrected chi connectivity index (χ4v) is 6.04. The highest BCUT2D eigenvalue weighted by Gasteiger charge is 2.58. The van der Waals surface area contributed by atoms with Gasteiger partial charge in [-0.05, 0) is 49.4 Å². The third kappa shape index (κ3) is 3.78. The molecule has 2 fully saturated rings. The molecule has 4 nitrogen and oxygen atoms in total. The first-order valence-corrected chi connectivity index (χ1v) is 10.2. The molecule has 1 aromatic carbocycles. The van der Waals surface area contributed by atoms with E-state index in [-0.39, 0.29) is 11.3 Å². The van der Waals surface area contributed by atoms with Crippen LogP contribution in [0.3, 0.4) is 0 Å². The zero-order valence-electron chi connectivity index (χ0n) is 17.8. The van der Waals surface area contributed by atoms with Crippen LogP contribution in [0.2, 0.25) is 0 Å². The second kappa shape index (κ2) is 7.20. The van der Waals surface area contributed by atoms with E-state index in [1.54, 1.807) is 14.2 Å². The maximum Gasteiger partial charge on any atom is 0.126 e. The van der Waals surface area contributed by atoms with Crippen LogP contribution in [-0.4, -0.2) is 31.5 Å². The largest absolute Gasteiger partial charge is 0.496 e. The molecule has 0 spiro atoms. The lowest BCUT2D eigenvalue weighted by atomic mass is 9.46. The Morgan fingerprint density at radius 3 is 2.11 bits per heavy atom. The highest BCUT2D eigenvalue weighted by molar-refractivity contribution is 5.42. The van der Waals surface area contributed by atoms with Gasteiger partial charge in [0.1, 0.15) is 17.2 Å². The molecule has 0 aromatic heterocycles. The van der Waals surface area contributed by atoms with Crippen molar-refractivity contribution in [3.63, 3.8) is 0 Å². The van der Waals surface area contributed by atoms with Gasteiger partial charge in [0.15, 0.2) is 0 Å². The van der Waals surface area contributed by atoms with E-state index in [0.717, 1.165) is 25.0 Å². The normalized spacial score (nSPS) is 35.2. The Morgan fingerprint density at radius 1 is 0.926 bits per heavy atom. The van der Waals surface area contributed by atoms with E-state index in [2.05, 4.69) is 20.8 Å². The van der Waals surface area contributed by atoms with E-state index in [0.29, 0.717) is 29.4 Å². The molecule has 2 saturated carbocycles. The van der Waals surface area contributed by atoms with Crippen molar-refractivity contribution in [3.8, 4) is 17.2 Å². The number of benzene rings is 1. The van der Waals surface area contributed by atoms with Gasteiger partial charge < -0.3 is 19.3 Å². The number of fused-ring (bicyclic) bond motifs is 1. The standard InChI is InChI=1S/C23H36O4/c1-21(2)9-7-10-22(3)19(21)8-11-23(4,24)20(22)15-27-18-13-16(25-5)12-17(14-18)26-6/h12-14,19-20,24H,7-11,15H2,1-6H3/t19?,20-,22+,23-/m1/s1. The summed E-state index contributed by atoms with van der Waals surface area (Å²) in [5.74, 6) is 2.86. The number of hydrogen-bond acceptors (Lipinski definition) is 4. The fraction of sp³-hybridized carbons (Fsp3) is 0.739. The van der Waals surface area contributed by atoms with Crippen LogP contribution in [0.15, 0.2) is 18.2 Å². The zero-order valence-corrected chi connectivity index (χ0v) is 17.8. The molecule has 1 unspecified atom stereocenters. The molecule has 4 heteroatoms. The minimum absolute atomic E-state index is 0.0897. The quantitative estimate of drug-likeness (QED) is 0.779. The fourth-order valence-electron chi connectivity index (χ4n) is 6.04. The van der Waals surface area contributed by atoms with Gasteiger partial charge in [0.25, 0.3) is 0 Å². The molecular formula is C23H36O4. The average molecular weight is 377 g/mol. The maximum atomic E-state index is 11.3. The lowest BCUT2D eigenvalue weighted by Gasteiger charge is -2.60. The van der Waals surface area contributed by atoms with E-state index in [4.69, 9.17) is 14.2 Å². The molecular weight excluding hydrogens is 340 g/mol. The first kappa shape index (κ1) is 20.3. The van der Waals surface area contributed by atoms with Crippen LogP contribution in [0.25, 0.3) is 0 Å². The van der Waals surface area contributed by atoms with Gasteiger partial charge in [-0.25, -0.2) is 0 Å². The molecule has 4 atom stereocenters. The van der Waals surface area contributed by atoms with Crippen molar-refractivity contribution in [2.45, 2.75) is 65.4 Å². The minimum Gasteiger partial charge on any atom is -0.496 e. The molecule has 0 radical (unpaired) electrons. The smallest absolute Gasteiger partial charge is 0.126 e. The Morgan fingerprint density at radius 2 is 1.52 bits per heavy atom. The van der Waals surface area contributed by atoms with E-state index in [9.17, 15) is 5.11 Å². The third-order valence-corrected chi connectivity index (χ3v) is 7.50. The van der Waals surface area contributed by atoms with Gasteiger partial charge in [-0.3, -0.25) is 0 Å². The second-order valence-electron chi connectivity index (χ2n) is 9.71. The molecule has 0 amide bonds. The summed E-state index contributed by atoms with van der Waals surface area (Å²) in [5.41, 5.74) is -0.297. The first-order valence-electron chi connectivity index (χ1n) is 10.2. The molecule has 1 aromatic rings. The molecule has 0 aliphatic heterocycles. The van der Waals surface area contributed by atoms with Crippen LogP contribution in [-0.2, 0) is 0 Å². The summed E-state index contributed by atoms with van der Waals surface area (Å²) in [7, 11) is 3.28. The topological polar surface area (TPSA) is 47.9 Å². The maximum absolute atomic E-state index is 11.3. The van der Waals surface area contributed by atoms with E-state index < -0.39 is 5.60 Å². The molecule has 0 saturated heterocycles. The van der Waals surface area contributed by atoms with Crippen LogP contribution >= 0.6 is 0 Å². The molecule has 3 rings (SSSR count). The molecule has 0 bridgehead atoms. The van der Waals surface area contributed by atoms with Crippen molar-refractivity contribution in [1.82, 2.24) is 0 Å². The lowest BCUT2D eigenvalue weighted by molar-refractivity contribution is -0.176. The number of ether oxygens (including phenoxy) is 3. The number of hydrogen-bond donors (Lipinski definition) is 1. The van der Waals surface area contributed by atoms with E-state index in [1.807, 2.05) is 25.1 Å². The highest BCUT2D eigenvalue weighted by Crippen LogP contribution is 2.61. The van der Waals surface area contributed by atoms with Crippen molar-refractivity contribution in [2.75, 3.05) is 20.8 Å². The number of aliphatic hydroxyl groups is 1. The monoisotopic (exact) mass is 376 g/mol. The minimum atomic E-state index is -0.707. The van der Waals surface area contributed by atoms with Gasteiger partial charge >= 0.3 is 0 Å². The summed E-state index contributed by atoms with van der Waals surface area (Å²) >= 11 is 0. The van der Waals surface area contributed by atoms with Crippen LogP contribution in [0.4, 0.5) is 0 Å². The van der Waals surface area contributed by atoms with Gasteiger partial charge in [-0.2, -0.15) is 0 Å². The number of methoxy groups -OCH3 is 2. The van der Waals surface area contributed by atoms with Crippen LogP contribution < -0.4 is 14.2 Å². The summed E-state index contributed by atoms with van der Waals surface area (Å²) in [6.07, 6.45) is 5.59. The molecule has 2 aliphatic carbocycles. The SMILES string of the molecule is COc1cc(OC)cc(OC[C@@H]2[C@@]3(C)CCCC(C)(C)C3CC[C@@]2(C)O)c1. The van der Waals surface area contributed by atoms with Gasteiger partial charge in [0.2, 0.25) is 0 Å². The van der Waals surface area contributed by atoms with Crippen molar-refractivity contribution in [3.05, 3.63) is 18.2 Å². The summed E-state index contributed by atoms with van der Waals surface area (Å²) < 4.78 is 16.9. The van der Waals surface area contributed by atoms with Gasteiger partial charge in [-0.15, -0.1) is 0 Å². The summed E-state index contributed by atoms with van der Waals surface area (Å²) in [6, 6.07) is 5.60. The Kier molecular flexibility index (Phi) is 5.42. The number of rotatable bonds is 5. The Labute approximate surface area is 164 Å². The molecule has 27 heavy (non-hydrogen) atoms. The Balaban J connectivity index is 1.85. The second-order valence-corrected chi connectivity index (χ2v) is 9.71. The van der Waals surface area contributed by atoms with E-state index in [1.165, 1.54) is 12.8 Å². The van der Waals surface area contributed by atoms with E-state index >= 15 is 0 Å². The van der Waals surface area contributed by atoms with Crippen LogP contribution in [0.5, 0.6) is 17.2 Å². The predicted molar refractivity (Wildman–Crippen MR) is 108 cm³/mol. The molecule has 2 aliphatic rings. The lowest BCUT2D eigenvalue weighted by Crippen LogP contribution is -2.59. The van der Waals surface area contributed by atoms with Crippen molar-refractivity contribution in [1.29, 1.82) is 0 Å². The Bertz CT molecular complexity index is 644. The summed E-state index contributed by atoms with van der Waals surface area (Å²) in [6.45, 7) is 9.69. The van der Waals surface area contributed by atoms with Gasteiger partial charge in [0.05, 0.1) is 26.4 Å². The summed E-state index contributed by atoms with van der Waals surface area (Å²) in [5, 5.41) is 11.3. The van der Waals surface area contributed by atoms with Crippen molar-refractivity contribution < 1.29 is 19.3 Å². The van der Waals surface area contributed by atoms with Crippen LogP contribution in [0.1, 0.15) is 59.8 Å². The zero-order chi connectivity index (χ0) is 19.9. The van der Waals surface area contributed by atoms with Gasteiger partial charge in [0, 0.05) is 24.1 Å². The highest BCUT2D eigenvalue weighted by atomic mass is 16.5. The Hall–Kier alpha value is -1.42. The predicted octanol–water partition coefficient (Wildman–Crippen LogP) is 5.08. The summed E-state index contributed by atoms with van der Waals surface area (Å²) in [4.78, 5) is 0. The molecule has 1 N–H and O–H groups in total. The van der Waals surface area contributed by atoms with Crippen molar-refractivity contribution in [2.24, 2.45) is 22.7 Å².